The predicted molar refractivity (Wildman–Crippen MR) is 85.8 cm³/mol. The van der Waals surface area contributed by atoms with Crippen molar-refractivity contribution in [3.05, 3.63) is 29.3 Å². The highest BCUT2D eigenvalue weighted by atomic mass is 35.5. The standard InChI is InChI=1S/C15H20ClNO3S/c1-4-15(3,14(19)20)9-17-13(18)10(2)21-12-7-5-11(16)6-8-12/h5-8,10H,4,9H2,1-3H3,(H,17,18)(H,19,20). The van der Waals surface area contributed by atoms with Gasteiger partial charge in [-0.1, -0.05) is 18.5 Å². The lowest BCUT2D eigenvalue weighted by Gasteiger charge is -2.24. The summed E-state index contributed by atoms with van der Waals surface area (Å²) in [5.74, 6) is -1.07. The predicted octanol–water partition coefficient (Wildman–Crippen LogP) is 3.44. The number of halogens is 1. The van der Waals surface area contributed by atoms with E-state index < -0.39 is 11.4 Å². The van der Waals surface area contributed by atoms with Gasteiger partial charge in [-0.2, -0.15) is 0 Å². The number of rotatable bonds is 7. The van der Waals surface area contributed by atoms with Gasteiger partial charge in [-0.05, 0) is 44.5 Å². The fraction of sp³-hybridized carbons (Fsp3) is 0.467. The molecule has 0 fully saturated rings. The first kappa shape index (κ1) is 17.9. The smallest absolute Gasteiger partial charge is 0.311 e. The molecule has 2 unspecified atom stereocenters. The Labute approximate surface area is 134 Å². The van der Waals surface area contributed by atoms with Gasteiger partial charge in [-0.25, -0.2) is 0 Å². The van der Waals surface area contributed by atoms with Gasteiger partial charge < -0.3 is 10.4 Å². The second kappa shape index (κ2) is 7.71. The highest BCUT2D eigenvalue weighted by molar-refractivity contribution is 8.00. The molecule has 0 saturated carbocycles. The molecule has 6 heteroatoms. The molecule has 0 aliphatic heterocycles. The Morgan fingerprint density at radius 3 is 2.43 bits per heavy atom. The molecule has 0 spiro atoms. The molecule has 0 aliphatic rings. The SMILES string of the molecule is CCC(C)(CNC(=O)C(C)Sc1ccc(Cl)cc1)C(=O)O. The van der Waals surface area contributed by atoms with Crippen LogP contribution in [0.2, 0.25) is 5.02 Å². The topological polar surface area (TPSA) is 66.4 Å². The van der Waals surface area contributed by atoms with E-state index in [4.69, 9.17) is 11.6 Å². The minimum Gasteiger partial charge on any atom is -0.481 e. The van der Waals surface area contributed by atoms with Gasteiger partial charge in [0.25, 0.3) is 0 Å². The van der Waals surface area contributed by atoms with Crippen molar-refractivity contribution < 1.29 is 14.7 Å². The Morgan fingerprint density at radius 2 is 1.95 bits per heavy atom. The molecule has 1 amide bonds. The molecule has 0 bridgehead atoms. The Hall–Kier alpha value is -1.20. The molecular formula is C15H20ClNO3S. The third-order valence-corrected chi connectivity index (χ3v) is 4.81. The van der Waals surface area contributed by atoms with Crippen molar-refractivity contribution >= 4 is 35.2 Å². The number of thioether (sulfide) groups is 1. The van der Waals surface area contributed by atoms with Crippen LogP contribution in [0.4, 0.5) is 0 Å². The monoisotopic (exact) mass is 329 g/mol. The van der Waals surface area contributed by atoms with E-state index in [1.54, 1.807) is 32.9 Å². The van der Waals surface area contributed by atoms with E-state index in [0.29, 0.717) is 11.4 Å². The number of carbonyl (C=O) groups excluding carboxylic acids is 1. The number of carbonyl (C=O) groups is 2. The summed E-state index contributed by atoms with van der Waals surface area (Å²) in [6.45, 7) is 5.35. The zero-order valence-electron chi connectivity index (χ0n) is 12.4. The van der Waals surface area contributed by atoms with Crippen LogP contribution in [0.25, 0.3) is 0 Å². The molecule has 0 radical (unpaired) electrons. The van der Waals surface area contributed by atoms with Gasteiger partial charge >= 0.3 is 5.97 Å². The van der Waals surface area contributed by atoms with Gasteiger partial charge in [-0.15, -0.1) is 11.8 Å². The maximum absolute atomic E-state index is 12.0. The van der Waals surface area contributed by atoms with Gasteiger partial charge in [0.15, 0.2) is 0 Å². The van der Waals surface area contributed by atoms with Crippen molar-refractivity contribution in [1.82, 2.24) is 5.32 Å². The molecule has 0 saturated heterocycles. The number of hydrogen-bond donors (Lipinski definition) is 2. The van der Waals surface area contributed by atoms with Crippen LogP contribution in [0.15, 0.2) is 29.2 Å². The average molecular weight is 330 g/mol. The number of benzene rings is 1. The molecule has 2 N–H and O–H groups in total. The van der Waals surface area contributed by atoms with Crippen molar-refractivity contribution in [2.24, 2.45) is 5.41 Å². The summed E-state index contributed by atoms with van der Waals surface area (Å²) in [5.41, 5.74) is -0.930. The van der Waals surface area contributed by atoms with E-state index in [1.165, 1.54) is 11.8 Å². The fourth-order valence-corrected chi connectivity index (χ4v) is 2.57. The number of hydrogen-bond acceptors (Lipinski definition) is 3. The van der Waals surface area contributed by atoms with E-state index in [0.717, 1.165) is 4.90 Å². The summed E-state index contributed by atoms with van der Waals surface area (Å²) < 4.78 is 0. The van der Waals surface area contributed by atoms with Crippen molar-refractivity contribution in [3.8, 4) is 0 Å². The zero-order valence-corrected chi connectivity index (χ0v) is 13.9. The molecule has 1 aromatic rings. The molecule has 0 aliphatic carbocycles. The lowest BCUT2D eigenvalue weighted by molar-refractivity contribution is -0.148. The molecule has 116 valence electrons. The Balaban J connectivity index is 2.55. The maximum Gasteiger partial charge on any atom is 0.311 e. The molecule has 1 rings (SSSR count). The van der Waals surface area contributed by atoms with Crippen LogP contribution in [-0.2, 0) is 9.59 Å². The normalized spacial score (nSPS) is 15.0. The lowest BCUT2D eigenvalue weighted by Crippen LogP contribution is -2.42. The lowest BCUT2D eigenvalue weighted by atomic mass is 9.88. The Bertz CT molecular complexity index is 506. The van der Waals surface area contributed by atoms with Gasteiger partial charge in [0.1, 0.15) is 0 Å². The number of carboxylic acid groups (broad SMARTS) is 1. The number of carboxylic acids is 1. The van der Waals surface area contributed by atoms with Crippen LogP contribution < -0.4 is 5.32 Å². The van der Waals surface area contributed by atoms with Gasteiger partial charge in [0, 0.05) is 16.5 Å². The van der Waals surface area contributed by atoms with Crippen molar-refractivity contribution in [3.63, 3.8) is 0 Å². The molecule has 0 heterocycles. The highest BCUT2D eigenvalue weighted by Crippen LogP contribution is 2.25. The third kappa shape index (κ3) is 5.25. The van der Waals surface area contributed by atoms with E-state index in [-0.39, 0.29) is 17.7 Å². The van der Waals surface area contributed by atoms with Crippen molar-refractivity contribution in [2.75, 3.05) is 6.54 Å². The fourth-order valence-electron chi connectivity index (χ4n) is 1.55. The minimum atomic E-state index is -0.930. The quantitative estimate of drug-likeness (QED) is 0.752. The molecule has 1 aromatic carbocycles. The van der Waals surface area contributed by atoms with Crippen molar-refractivity contribution in [1.29, 1.82) is 0 Å². The zero-order chi connectivity index (χ0) is 16.0. The Kier molecular flexibility index (Phi) is 6.55. The summed E-state index contributed by atoms with van der Waals surface area (Å²) >= 11 is 7.22. The van der Waals surface area contributed by atoms with Crippen LogP contribution in [0.5, 0.6) is 0 Å². The first-order valence-electron chi connectivity index (χ1n) is 6.72. The second-order valence-corrected chi connectivity index (χ2v) is 7.00. The number of nitrogens with one attached hydrogen (secondary N) is 1. The van der Waals surface area contributed by atoms with E-state index in [2.05, 4.69) is 5.32 Å². The van der Waals surface area contributed by atoms with Crippen LogP contribution in [-0.4, -0.2) is 28.8 Å². The van der Waals surface area contributed by atoms with Crippen LogP contribution in [0, 0.1) is 5.41 Å². The second-order valence-electron chi connectivity index (χ2n) is 5.15. The Morgan fingerprint density at radius 1 is 1.38 bits per heavy atom. The molecular weight excluding hydrogens is 310 g/mol. The van der Waals surface area contributed by atoms with Crippen LogP contribution >= 0.6 is 23.4 Å². The first-order chi connectivity index (χ1) is 9.78. The van der Waals surface area contributed by atoms with E-state index >= 15 is 0 Å². The summed E-state index contributed by atoms with van der Waals surface area (Å²) in [6.07, 6.45) is 0.460. The number of amides is 1. The van der Waals surface area contributed by atoms with Gasteiger partial charge in [-0.3, -0.25) is 9.59 Å². The summed E-state index contributed by atoms with van der Waals surface area (Å²) in [5, 5.41) is 12.2. The van der Waals surface area contributed by atoms with E-state index in [1.807, 2.05) is 12.1 Å². The van der Waals surface area contributed by atoms with Crippen LogP contribution in [0.3, 0.4) is 0 Å². The molecule has 2 atom stereocenters. The van der Waals surface area contributed by atoms with Gasteiger partial charge in [0.05, 0.1) is 10.7 Å². The maximum atomic E-state index is 12.0. The average Bonchev–Trinajstić information content (AvgIpc) is 2.46. The van der Waals surface area contributed by atoms with Crippen molar-refractivity contribution in [2.45, 2.75) is 37.3 Å². The first-order valence-corrected chi connectivity index (χ1v) is 7.97. The van der Waals surface area contributed by atoms with Gasteiger partial charge in [0.2, 0.25) is 5.91 Å². The minimum absolute atomic E-state index is 0.128. The van der Waals surface area contributed by atoms with E-state index in [9.17, 15) is 14.7 Å². The summed E-state index contributed by atoms with van der Waals surface area (Å²) in [7, 11) is 0. The summed E-state index contributed by atoms with van der Waals surface area (Å²) in [6, 6.07) is 7.24. The molecule has 21 heavy (non-hydrogen) atoms. The largest absolute Gasteiger partial charge is 0.481 e. The molecule has 4 nitrogen and oxygen atoms in total. The summed E-state index contributed by atoms with van der Waals surface area (Å²) in [4.78, 5) is 24.2. The molecule has 0 aromatic heterocycles. The number of aliphatic carboxylic acids is 1. The van der Waals surface area contributed by atoms with Crippen LogP contribution in [0.1, 0.15) is 27.2 Å². The third-order valence-electron chi connectivity index (χ3n) is 3.45. The highest BCUT2D eigenvalue weighted by Gasteiger charge is 2.32.